The van der Waals surface area contributed by atoms with Gasteiger partial charge in [0.15, 0.2) is 0 Å². The molecular formula is C21H23F2N3O2. The fourth-order valence-corrected chi connectivity index (χ4v) is 3.31. The van der Waals surface area contributed by atoms with E-state index in [1.54, 1.807) is 11.9 Å². The standard InChI is InChI=1S/C21H23F2N3O2/c1-25(13-15-5-3-2-4-6-15)20(27)12-19-21(28)26(8-7-24-19)14-16-9-17(22)11-18(23)10-16/h2-6,9-11,19,24H,7-8,12-14H2,1H3. The lowest BCUT2D eigenvalue weighted by atomic mass is 10.1. The highest BCUT2D eigenvalue weighted by Crippen LogP contribution is 2.15. The average Bonchev–Trinajstić information content (AvgIpc) is 2.65. The van der Waals surface area contributed by atoms with Gasteiger partial charge in [-0.05, 0) is 23.3 Å². The third kappa shape index (κ3) is 5.13. The monoisotopic (exact) mass is 387 g/mol. The fourth-order valence-electron chi connectivity index (χ4n) is 3.31. The Bertz CT molecular complexity index is 825. The Kier molecular flexibility index (Phi) is 6.36. The Morgan fingerprint density at radius 1 is 1.14 bits per heavy atom. The second-order valence-electron chi connectivity index (χ2n) is 6.98. The molecule has 1 aliphatic rings. The summed E-state index contributed by atoms with van der Waals surface area (Å²) in [6.45, 7) is 1.51. The van der Waals surface area contributed by atoms with Crippen molar-refractivity contribution in [3.63, 3.8) is 0 Å². The van der Waals surface area contributed by atoms with Crippen molar-refractivity contribution in [2.75, 3.05) is 20.1 Å². The zero-order valence-electron chi connectivity index (χ0n) is 15.7. The summed E-state index contributed by atoms with van der Waals surface area (Å²) in [5.41, 5.74) is 1.40. The van der Waals surface area contributed by atoms with E-state index in [4.69, 9.17) is 0 Å². The van der Waals surface area contributed by atoms with Crippen molar-refractivity contribution in [2.45, 2.75) is 25.6 Å². The van der Waals surface area contributed by atoms with Gasteiger partial charge in [0.2, 0.25) is 11.8 Å². The van der Waals surface area contributed by atoms with Gasteiger partial charge in [0.05, 0.1) is 12.5 Å². The van der Waals surface area contributed by atoms with Crippen LogP contribution in [0, 0.1) is 11.6 Å². The Hall–Kier alpha value is -2.80. The predicted molar refractivity (Wildman–Crippen MR) is 101 cm³/mol. The van der Waals surface area contributed by atoms with Crippen LogP contribution in [0.25, 0.3) is 0 Å². The Morgan fingerprint density at radius 3 is 2.50 bits per heavy atom. The minimum absolute atomic E-state index is 0.0379. The largest absolute Gasteiger partial charge is 0.341 e. The first-order chi connectivity index (χ1) is 13.4. The number of piperazine rings is 1. The van der Waals surface area contributed by atoms with Gasteiger partial charge in [0, 0.05) is 39.3 Å². The zero-order valence-corrected chi connectivity index (χ0v) is 15.7. The van der Waals surface area contributed by atoms with Crippen LogP contribution in [0.2, 0.25) is 0 Å². The van der Waals surface area contributed by atoms with E-state index in [1.165, 1.54) is 17.0 Å². The molecule has 3 rings (SSSR count). The predicted octanol–water partition coefficient (Wildman–Crippen LogP) is 2.31. The van der Waals surface area contributed by atoms with E-state index in [9.17, 15) is 18.4 Å². The second kappa shape index (κ2) is 8.93. The molecule has 0 spiro atoms. The van der Waals surface area contributed by atoms with E-state index < -0.39 is 17.7 Å². The van der Waals surface area contributed by atoms with E-state index >= 15 is 0 Å². The van der Waals surface area contributed by atoms with Crippen molar-refractivity contribution in [1.29, 1.82) is 0 Å². The number of amides is 2. The smallest absolute Gasteiger partial charge is 0.240 e. The fraction of sp³-hybridized carbons (Fsp3) is 0.333. The summed E-state index contributed by atoms with van der Waals surface area (Å²) in [4.78, 5) is 28.4. The molecule has 0 aromatic heterocycles. The number of rotatable bonds is 6. The van der Waals surface area contributed by atoms with Crippen molar-refractivity contribution in [1.82, 2.24) is 15.1 Å². The van der Waals surface area contributed by atoms with Crippen LogP contribution in [0.4, 0.5) is 8.78 Å². The number of nitrogens with one attached hydrogen (secondary N) is 1. The molecule has 5 nitrogen and oxygen atoms in total. The van der Waals surface area contributed by atoms with Crippen LogP contribution in [0.15, 0.2) is 48.5 Å². The molecular weight excluding hydrogens is 364 g/mol. The molecule has 0 aliphatic carbocycles. The molecule has 0 bridgehead atoms. The molecule has 7 heteroatoms. The van der Waals surface area contributed by atoms with Gasteiger partial charge in [0.25, 0.3) is 0 Å². The van der Waals surface area contributed by atoms with Gasteiger partial charge in [-0.1, -0.05) is 30.3 Å². The first kappa shape index (κ1) is 19.9. The third-order valence-electron chi connectivity index (χ3n) is 4.75. The molecule has 0 saturated carbocycles. The van der Waals surface area contributed by atoms with E-state index in [2.05, 4.69) is 5.32 Å². The molecule has 28 heavy (non-hydrogen) atoms. The summed E-state index contributed by atoms with van der Waals surface area (Å²) >= 11 is 0. The van der Waals surface area contributed by atoms with Gasteiger partial charge in [-0.15, -0.1) is 0 Å². The summed E-state index contributed by atoms with van der Waals surface area (Å²) in [6.07, 6.45) is 0.0379. The Labute approximate surface area is 162 Å². The summed E-state index contributed by atoms with van der Waals surface area (Å²) in [6, 6.07) is 12.2. The van der Waals surface area contributed by atoms with Gasteiger partial charge in [-0.2, -0.15) is 0 Å². The average molecular weight is 387 g/mol. The van der Waals surface area contributed by atoms with E-state index in [0.29, 0.717) is 25.2 Å². The SMILES string of the molecule is CN(Cc1ccccc1)C(=O)CC1NCCN(Cc2cc(F)cc(F)c2)C1=O. The van der Waals surface area contributed by atoms with Crippen LogP contribution in [-0.2, 0) is 22.7 Å². The van der Waals surface area contributed by atoms with E-state index in [0.717, 1.165) is 11.6 Å². The molecule has 1 aliphatic heterocycles. The lowest BCUT2D eigenvalue weighted by Gasteiger charge is -2.33. The molecule has 1 unspecified atom stereocenters. The van der Waals surface area contributed by atoms with Gasteiger partial charge in [-0.25, -0.2) is 8.78 Å². The summed E-state index contributed by atoms with van der Waals surface area (Å²) in [5, 5.41) is 3.07. The van der Waals surface area contributed by atoms with Gasteiger partial charge in [0.1, 0.15) is 11.6 Å². The van der Waals surface area contributed by atoms with E-state index in [-0.39, 0.29) is 24.8 Å². The van der Waals surface area contributed by atoms with Crippen molar-refractivity contribution < 1.29 is 18.4 Å². The highest BCUT2D eigenvalue weighted by Gasteiger charge is 2.31. The number of halogens is 2. The Balaban J connectivity index is 1.59. The van der Waals surface area contributed by atoms with Crippen molar-refractivity contribution >= 4 is 11.8 Å². The van der Waals surface area contributed by atoms with Gasteiger partial charge < -0.3 is 15.1 Å². The van der Waals surface area contributed by atoms with Crippen molar-refractivity contribution in [3.8, 4) is 0 Å². The maximum atomic E-state index is 13.4. The molecule has 0 radical (unpaired) electrons. The first-order valence-electron chi connectivity index (χ1n) is 9.17. The van der Waals surface area contributed by atoms with Crippen LogP contribution >= 0.6 is 0 Å². The molecule has 2 aromatic rings. The summed E-state index contributed by atoms with van der Waals surface area (Å²) in [5.74, 6) is -1.73. The number of nitrogens with zero attached hydrogens (tertiary/aromatic N) is 2. The van der Waals surface area contributed by atoms with Crippen LogP contribution in [0.5, 0.6) is 0 Å². The Morgan fingerprint density at radius 2 is 1.82 bits per heavy atom. The normalized spacial score (nSPS) is 16.9. The van der Waals surface area contributed by atoms with Crippen molar-refractivity contribution in [3.05, 3.63) is 71.3 Å². The van der Waals surface area contributed by atoms with Gasteiger partial charge in [-0.3, -0.25) is 9.59 Å². The molecule has 1 fully saturated rings. The summed E-state index contributed by atoms with van der Waals surface area (Å²) < 4.78 is 26.8. The van der Waals surface area contributed by atoms with Crippen LogP contribution in [0.3, 0.4) is 0 Å². The number of carbonyl (C=O) groups is 2. The number of hydrogen-bond acceptors (Lipinski definition) is 3. The number of carbonyl (C=O) groups excluding carboxylic acids is 2. The topological polar surface area (TPSA) is 52.7 Å². The highest BCUT2D eigenvalue weighted by atomic mass is 19.1. The number of hydrogen-bond donors (Lipinski definition) is 1. The molecule has 2 amide bonds. The van der Waals surface area contributed by atoms with Crippen LogP contribution < -0.4 is 5.32 Å². The molecule has 2 aromatic carbocycles. The van der Waals surface area contributed by atoms with Crippen LogP contribution in [0.1, 0.15) is 17.5 Å². The number of benzene rings is 2. The molecule has 1 atom stereocenters. The molecule has 1 saturated heterocycles. The van der Waals surface area contributed by atoms with E-state index in [1.807, 2.05) is 30.3 Å². The highest BCUT2D eigenvalue weighted by molar-refractivity contribution is 5.88. The zero-order chi connectivity index (χ0) is 20.1. The minimum atomic E-state index is -0.674. The maximum absolute atomic E-state index is 13.4. The first-order valence-corrected chi connectivity index (χ1v) is 9.17. The maximum Gasteiger partial charge on any atom is 0.240 e. The lowest BCUT2D eigenvalue weighted by molar-refractivity contribution is -0.141. The third-order valence-corrected chi connectivity index (χ3v) is 4.75. The minimum Gasteiger partial charge on any atom is -0.341 e. The second-order valence-corrected chi connectivity index (χ2v) is 6.98. The lowest BCUT2D eigenvalue weighted by Crippen LogP contribution is -2.55. The molecule has 1 N–H and O–H groups in total. The van der Waals surface area contributed by atoms with Gasteiger partial charge >= 0.3 is 0 Å². The molecule has 148 valence electrons. The summed E-state index contributed by atoms with van der Waals surface area (Å²) in [7, 11) is 1.70. The van der Waals surface area contributed by atoms with Crippen LogP contribution in [-0.4, -0.2) is 47.8 Å². The quantitative estimate of drug-likeness (QED) is 0.828. The molecule has 1 heterocycles. The van der Waals surface area contributed by atoms with Crippen molar-refractivity contribution in [2.24, 2.45) is 0 Å².